The number of nitrogens with zero attached hydrogens (tertiary/aromatic N) is 3. The molecule has 1 aromatic heterocycles. The summed E-state index contributed by atoms with van der Waals surface area (Å²) in [6.07, 6.45) is 0. The van der Waals surface area contributed by atoms with Gasteiger partial charge in [0.25, 0.3) is 0 Å². The van der Waals surface area contributed by atoms with E-state index in [-0.39, 0.29) is 5.91 Å². The summed E-state index contributed by atoms with van der Waals surface area (Å²) >= 11 is 1.25. The van der Waals surface area contributed by atoms with Crippen LogP contribution in [0.3, 0.4) is 0 Å². The molecule has 1 heterocycles. The molecule has 8 heteroatoms. The number of anilines is 1. The minimum atomic E-state index is -0.406. The van der Waals surface area contributed by atoms with E-state index in [1.54, 1.807) is 7.11 Å². The molecule has 2 aromatic carbocycles. The fraction of sp³-hybridized carbons (Fsp3) is 0.250. The SMILES string of the molecule is COc1ccccc1-c1nnc(SC(C)C(=O)Nc2c(C)cccc2C)n1N. The highest BCUT2D eigenvalue weighted by Crippen LogP contribution is 2.31. The molecule has 3 N–H and O–H groups in total. The number of benzene rings is 2. The first-order chi connectivity index (χ1) is 13.4. The molecule has 0 saturated heterocycles. The van der Waals surface area contributed by atoms with E-state index in [1.165, 1.54) is 16.4 Å². The van der Waals surface area contributed by atoms with Gasteiger partial charge in [-0.1, -0.05) is 42.1 Å². The van der Waals surface area contributed by atoms with Crippen molar-refractivity contribution in [2.75, 3.05) is 18.3 Å². The van der Waals surface area contributed by atoms with Gasteiger partial charge >= 0.3 is 0 Å². The number of nitrogens with one attached hydrogen (secondary N) is 1. The summed E-state index contributed by atoms with van der Waals surface area (Å²) in [5.74, 6) is 7.20. The Bertz CT molecular complexity index is 982. The van der Waals surface area contributed by atoms with Gasteiger partial charge in [-0.05, 0) is 44.0 Å². The monoisotopic (exact) mass is 397 g/mol. The molecular weight excluding hydrogens is 374 g/mol. The van der Waals surface area contributed by atoms with Gasteiger partial charge in [0.1, 0.15) is 5.75 Å². The number of para-hydroxylation sites is 2. The van der Waals surface area contributed by atoms with Gasteiger partial charge in [0.15, 0.2) is 5.82 Å². The molecule has 1 amide bonds. The number of ether oxygens (including phenoxy) is 1. The molecular formula is C20H23N5O2S. The number of carbonyl (C=O) groups is 1. The largest absolute Gasteiger partial charge is 0.496 e. The maximum absolute atomic E-state index is 12.7. The Balaban J connectivity index is 1.77. The van der Waals surface area contributed by atoms with Crippen LogP contribution in [0.25, 0.3) is 11.4 Å². The summed E-state index contributed by atoms with van der Waals surface area (Å²) in [5, 5.41) is 11.4. The van der Waals surface area contributed by atoms with Crippen LogP contribution in [0.2, 0.25) is 0 Å². The highest BCUT2D eigenvalue weighted by Gasteiger charge is 2.22. The number of aromatic nitrogens is 3. The third kappa shape index (κ3) is 3.96. The van der Waals surface area contributed by atoms with Crippen molar-refractivity contribution in [3.05, 3.63) is 53.6 Å². The number of methoxy groups -OCH3 is 1. The summed E-state index contributed by atoms with van der Waals surface area (Å²) in [6, 6.07) is 13.3. The van der Waals surface area contributed by atoms with Crippen LogP contribution in [0, 0.1) is 13.8 Å². The first-order valence-electron chi connectivity index (χ1n) is 8.80. The Kier molecular flexibility index (Phi) is 5.89. The van der Waals surface area contributed by atoms with Crippen molar-refractivity contribution in [3.63, 3.8) is 0 Å². The lowest BCUT2D eigenvalue weighted by molar-refractivity contribution is -0.115. The van der Waals surface area contributed by atoms with Crippen LogP contribution in [0.5, 0.6) is 5.75 Å². The highest BCUT2D eigenvalue weighted by atomic mass is 32.2. The highest BCUT2D eigenvalue weighted by molar-refractivity contribution is 8.00. The molecule has 146 valence electrons. The molecule has 0 fully saturated rings. The van der Waals surface area contributed by atoms with Gasteiger partial charge in [0, 0.05) is 5.69 Å². The van der Waals surface area contributed by atoms with E-state index in [2.05, 4.69) is 15.5 Å². The average molecular weight is 398 g/mol. The molecule has 0 radical (unpaired) electrons. The average Bonchev–Trinajstić information content (AvgIpc) is 3.04. The second-order valence-electron chi connectivity index (χ2n) is 6.39. The van der Waals surface area contributed by atoms with Crippen LogP contribution >= 0.6 is 11.8 Å². The third-order valence-corrected chi connectivity index (χ3v) is 5.45. The van der Waals surface area contributed by atoms with Gasteiger partial charge in [-0.2, -0.15) is 0 Å². The van der Waals surface area contributed by atoms with Gasteiger partial charge in [-0.15, -0.1) is 10.2 Å². The van der Waals surface area contributed by atoms with E-state index in [0.717, 1.165) is 22.4 Å². The molecule has 0 spiro atoms. The number of nitrogen functional groups attached to an aromatic ring is 1. The number of aryl methyl sites for hydroxylation is 2. The minimum absolute atomic E-state index is 0.121. The van der Waals surface area contributed by atoms with E-state index in [1.807, 2.05) is 63.2 Å². The van der Waals surface area contributed by atoms with E-state index in [4.69, 9.17) is 10.6 Å². The van der Waals surface area contributed by atoms with Gasteiger partial charge in [-0.3, -0.25) is 4.79 Å². The predicted octanol–water partition coefficient (Wildman–Crippen LogP) is 3.40. The van der Waals surface area contributed by atoms with E-state index < -0.39 is 5.25 Å². The Morgan fingerprint density at radius 1 is 1.14 bits per heavy atom. The molecule has 1 unspecified atom stereocenters. The van der Waals surface area contributed by atoms with Crippen molar-refractivity contribution in [1.29, 1.82) is 0 Å². The fourth-order valence-corrected chi connectivity index (χ4v) is 3.59. The van der Waals surface area contributed by atoms with Crippen molar-refractivity contribution in [2.45, 2.75) is 31.2 Å². The lowest BCUT2D eigenvalue weighted by Gasteiger charge is -2.15. The second-order valence-corrected chi connectivity index (χ2v) is 7.70. The van der Waals surface area contributed by atoms with Crippen molar-refractivity contribution in [2.24, 2.45) is 0 Å². The molecule has 28 heavy (non-hydrogen) atoms. The van der Waals surface area contributed by atoms with Crippen LogP contribution in [0.4, 0.5) is 5.69 Å². The summed E-state index contributed by atoms with van der Waals surface area (Å²) in [7, 11) is 1.59. The van der Waals surface area contributed by atoms with Gasteiger partial charge in [-0.25, -0.2) is 4.68 Å². The van der Waals surface area contributed by atoms with Gasteiger partial charge < -0.3 is 15.9 Å². The molecule has 1 atom stereocenters. The third-order valence-electron chi connectivity index (χ3n) is 4.39. The quantitative estimate of drug-likeness (QED) is 0.489. The maximum Gasteiger partial charge on any atom is 0.237 e. The first kappa shape index (κ1) is 19.8. The van der Waals surface area contributed by atoms with Crippen molar-refractivity contribution >= 4 is 23.4 Å². The molecule has 0 saturated carbocycles. The Labute approximate surface area is 168 Å². The summed E-state index contributed by atoms with van der Waals surface area (Å²) in [5.41, 5.74) is 3.61. The maximum atomic E-state index is 12.7. The second kappa shape index (κ2) is 8.35. The fourth-order valence-electron chi connectivity index (χ4n) is 2.82. The lowest BCUT2D eigenvalue weighted by Crippen LogP contribution is -2.24. The van der Waals surface area contributed by atoms with E-state index in [9.17, 15) is 4.79 Å². The Hall–Kier alpha value is -3.00. The van der Waals surface area contributed by atoms with Crippen molar-refractivity contribution in [3.8, 4) is 17.1 Å². The van der Waals surface area contributed by atoms with Crippen molar-refractivity contribution in [1.82, 2.24) is 14.9 Å². The molecule has 0 bridgehead atoms. The number of carbonyl (C=O) groups excluding carboxylic acids is 1. The zero-order valence-corrected chi connectivity index (χ0v) is 17.1. The van der Waals surface area contributed by atoms with E-state index in [0.29, 0.717) is 16.7 Å². The standard InChI is InChI=1S/C20H23N5O2S/c1-12-8-7-9-13(2)17(12)22-19(26)14(3)28-20-24-23-18(25(20)21)15-10-5-6-11-16(15)27-4/h5-11,14H,21H2,1-4H3,(H,22,26). The molecule has 0 aliphatic heterocycles. The number of amides is 1. The van der Waals surface area contributed by atoms with Crippen molar-refractivity contribution < 1.29 is 9.53 Å². The number of rotatable bonds is 6. The van der Waals surface area contributed by atoms with Gasteiger partial charge in [0.05, 0.1) is 17.9 Å². The summed E-state index contributed by atoms with van der Waals surface area (Å²) in [6.45, 7) is 5.75. The first-order valence-corrected chi connectivity index (χ1v) is 9.68. The predicted molar refractivity (Wildman–Crippen MR) is 112 cm³/mol. The number of hydrogen-bond donors (Lipinski definition) is 2. The Morgan fingerprint density at radius 2 is 1.82 bits per heavy atom. The smallest absolute Gasteiger partial charge is 0.237 e. The number of thioether (sulfide) groups is 1. The number of hydrogen-bond acceptors (Lipinski definition) is 6. The molecule has 0 aliphatic rings. The minimum Gasteiger partial charge on any atom is -0.496 e. The van der Waals surface area contributed by atoms with Crippen LogP contribution in [0.15, 0.2) is 47.6 Å². The Morgan fingerprint density at radius 3 is 2.50 bits per heavy atom. The zero-order valence-electron chi connectivity index (χ0n) is 16.3. The lowest BCUT2D eigenvalue weighted by atomic mass is 10.1. The number of nitrogens with two attached hydrogens (primary N) is 1. The topological polar surface area (TPSA) is 95.1 Å². The molecule has 3 rings (SSSR count). The van der Waals surface area contributed by atoms with Crippen LogP contribution in [0.1, 0.15) is 18.1 Å². The van der Waals surface area contributed by atoms with Crippen LogP contribution in [-0.4, -0.2) is 33.1 Å². The zero-order chi connectivity index (χ0) is 20.3. The summed E-state index contributed by atoms with van der Waals surface area (Å²) in [4.78, 5) is 12.7. The summed E-state index contributed by atoms with van der Waals surface area (Å²) < 4.78 is 6.74. The van der Waals surface area contributed by atoms with Crippen LogP contribution < -0.4 is 15.9 Å². The van der Waals surface area contributed by atoms with Gasteiger partial charge in [0.2, 0.25) is 11.1 Å². The molecule has 0 aliphatic carbocycles. The normalized spacial score (nSPS) is 11.9. The molecule has 7 nitrogen and oxygen atoms in total. The van der Waals surface area contributed by atoms with E-state index >= 15 is 0 Å². The van der Waals surface area contributed by atoms with Crippen LogP contribution in [-0.2, 0) is 4.79 Å². The molecule has 3 aromatic rings.